The van der Waals surface area contributed by atoms with Crippen molar-refractivity contribution in [3.05, 3.63) is 0 Å². The van der Waals surface area contributed by atoms with E-state index in [1.807, 2.05) is 0 Å². The Hall–Kier alpha value is 0.516. The average Bonchev–Trinajstić information content (AvgIpc) is 1.98. The summed E-state index contributed by atoms with van der Waals surface area (Å²) in [4.78, 5) is 42.3. The largest absolute Gasteiger partial charge is 1.00 e. The number of ether oxygens (including phenoxy) is 1. The van der Waals surface area contributed by atoms with Gasteiger partial charge in [-0.3, -0.25) is 14.4 Å². The summed E-state index contributed by atoms with van der Waals surface area (Å²) in [5.74, 6) is -6.03. The number of carbonyl (C=O) groups is 4. The molecule has 0 aromatic rings. The molecule has 0 aliphatic rings. The van der Waals surface area contributed by atoms with E-state index in [0.717, 1.165) is 6.92 Å². The molecule has 0 saturated carbocycles. The van der Waals surface area contributed by atoms with Crippen LogP contribution in [0.4, 0.5) is 0 Å². The molecule has 0 amide bonds. The average molecular weight is 298 g/mol. The van der Waals surface area contributed by atoms with Gasteiger partial charge >= 0.3 is 105 Å². The summed E-state index contributed by atoms with van der Waals surface area (Å²) in [7, 11) is 0. The zero-order valence-electron chi connectivity index (χ0n) is 12.3. The van der Waals surface area contributed by atoms with Crippen LogP contribution in [0.5, 0.6) is 0 Å². The molecule has 0 unspecified atom stereocenters. The van der Waals surface area contributed by atoms with Crippen molar-refractivity contribution >= 4 is 23.9 Å². The number of hydrogen-bond donors (Lipinski definition) is 3. The van der Waals surface area contributed by atoms with Crippen LogP contribution < -0.4 is 80.9 Å². The first-order chi connectivity index (χ1) is 7.19. The van der Waals surface area contributed by atoms with Crippen molar-refractivity contribution in [2.24, 2.45) is 0 Å². The minimum Gasteiger partial charge on any atom is -1.00 e. The maximum atomic E-state index is 10.8. The van der Waals surface area contributed by atoms with Gasteiger partial charge in [-0.2, -0.15) is 0 Å². The van der Waals surface area contributed by atoms with Crippen LogP contribution in [0.25, 0.3) is 0 Å². The number of carbonyl (C=O) groups excluding carboxylic acids is 1. The molecule has 0 rings (SSSR count). The van der Waals surface area contributed by atoms with Gasteiger partial charge in [0.1, 0.15) is 0 Å². The van der Waals surface area contributed by atoms with Gasteiger partial charge in [0.25, 0.3) is 0 Å². The van der Waals surface area contributed by atoms with Gasteiger partial charge in [-0.1, -0.05) is 0 Å². The molecule has 8 nitrogen and oxygen atoms in total. The van der Waals surface area contributed by atoms with Crippen molar-refractivity contribution in [1.29, 1.82) is 0 Å². The molecule has 0 heterocycles. The second-order valence-electron chi connectivity index (χ2n) is 3.03. The third-order valence-electron chi connectivity index (χ3n) is 1.60. The van der Waals surface area contributed by atoms with Crippen molar-refractivity contribution in [2.45, 2.75) is 25.4 Å². The first-order valence-electron chi connectivity index (χ1n) is 4.06. The molecule has 3 N–H and O–H groups in total. The molecule has 94 valence electrons. The van der Waals surface area contributed by atoms with Gasteiger partial charge in [0, 0.05) is 6.92 Å². The molecule has 0 aliphatic carbocycles. The van der Waals surface area contributed by atoms with Gasteiger partial charge in [0.15, 0.2) is 0 Å². The fraction of sp³-hybridized carbons (Fsp3) is 0.500. The Balaban J connectivity index is -0.000000187. The van der Waals surface area contributed by atoms with Crippen LogP contribution in [0.2, 0.25) is 0 Å². The number of aliphatic carboxylic acids is 3. The third kappa shape index (κ3) is 8.59. The van der Waals surface area contributed by atoms with Crippen LogP contribution >= 0.6 is 0 Å². The van der Waals surface area contributed by atoms with Gasteiger partial charge < -0.3 is 22.9 Å². The Morgan fingerprint density at radius 1 is 1.06 bits per heavy atom. The van der Waals surface area contributed by atoms with E-state index in [-0.39, 0.29) is 83.8 Å². The predicted octanol–water partition coefficient (Wildman–Crippen LogP) is -6.44. The summed E-state index contributed by atoms with van der Waals surface area (Å²) in [6.45, 7) is 0.862. The SMILES string of the molecule is CC(=O)OC(CC(=O)O)(CC(=O)O)C(=O)O.[H-].[H-].[K+].[Na+]. The quantitative estimate of drug-likeness (QED) is 0.325. The van der Waals surface area contributed by atoms with E-state index in [4.69, 9.17) is 15.3 Å². The monoisotopic (exact) mass is 298 g/mol. The molecule has 10 heteroatoms. The summed E-state index contributed by atoms with van der Waals surface area (Å²) in [5.41, 5.74) is -2.57. The zero-order valence-corrected chi connectivity index (χ0v) is 15.4. The van der Waals surface area contributed by atoms with Crippen molar-refractivity contribution < 1.29 is 123 Å². The summed E-state index contributed by atoms with van der Waals surface area (Å²) < 4.78 is 4.32. The van der Waals surface area contributed by atoms with Crippen molar-refractivity contribution in [3.8, 4) is 0 Å². The molecular formula is C8H12KNaO8. The molecule has 0 spiro atoms. The predicted molar refractivity (Wildman–Crippen MR) is 48.9 cm³/mol. The summed E-state index contributed by atoms with van der Waals surface area (Å²) in [6, 6.07) is 0. The number of rotatable bonds is 6. The van der Waals surface area contributed by atoms with E-state index in [9.17, 15) is 19.2 Å². The van der Waals surface area contributed by atoms with Gasteiger partial charge in [0.2, 0.25) is 5.60 Å². The van der Waals surface area contributed by atoms with Gasteiger partial charge in [-0.05, 0) is 0 Å². The van der Waals surface area contributed by atoms with Crippen LogP contribution in [0.3, 0.4) is 0 Å². The van der Waals surface area contributed by atoms with Crippen molar-refractivity contribution in [2.75, 3.05) is 0 Å². The fourth-order valence-corrected chi connectivity index (χ4v) is 1.09. The van der Waals surface area contributed by atoms with E-state index < -0.39 is 42.3 Å². The van der Waals surface area contributed by atoms with E-state index in [0.29, 0.717) is 0 Å². The van der Waals surface area contributed by atoms with Gasteiger partial charge in [-0.25, -0.2) is 4.79 Å². The molecule has 0 aliphatic heterocycles. The molecule has 0 radical (unpaired) electrons. The van der Waals surface area contributed by atoms with E-state index in [1.165, 1.54) is 0 Å². The second-order valence-corrected chi connectivity index (χ2v) is 3.03. The molecule has 0 bridgehead atoms. The Bertz CT molecular complexity index is 311. The normalized spacial score (nSPS) is 9.39. The summed E-state index contributed by atoms with van der Waals surface area (Å²) >= 11 is 0. The summed E-state index contributed by atoms with van der Waals surface area (Å²) in [5, 5.41) is 25.7. The van der Waals surface area contributed by atoms with Crippen molar-refractivity contribution in [1.82, 2.24) is 0 Å². The zero-order chi connectivity index (χ0) is 12.9. The first-order valence-corrected chi connectivity index (χ1v) is 4.06. The van der Waals surface area contributed by atoms with Gasteiger partial charge in [-0.15, -0.1) is 0 Å². The topological polar surface area (TPSA) is 138 Å². The number of esters is 1. The summed E-state index contributed by atoms with van der Waals surface area (Å²) in [6.07, 6.45) is -2.23. The van der Waals surface area contributed by atoms with Crippen LogP contribution in [0.1, 0.15) is 22.6 Å². The molecular weight excluding hydrogens is 286 g/mol. The Morgan fingerprint density at radius 2 is 1.39 bits per heavy atom. The molecule has 0 fully saturated rings. The maximum absolute atomic E-state index is 10.8. The Kier molecular flexibility index (Phi) is 13.5. The van der Waals surface area contributed by atoms with E-state index in [1.54, 1.807) is 0 Å². The van der Waals surface area contributed by atoms with Crippen molar-refractivity contribution in [3.63, 3.8) is 0 Å². The Labute approximate surface area is 170 Å². The molecule has 18 heavy (non-hydrogen) atoms. The van der Waals surface area contributed by atoms with Gasteiger partial charge in [0.05, 0.1) is 12.8 Å². The standard InChI is InChI=1S/C8H10O8.K.Na.2H/c1-4(9)16-8(7(14)15,2-5(10)11)3-6(12)13;;;;/h2-3H2,1H3,(H,10,11)(H,12,13)(H,14,15);;;;/q;2*+1;2*-1. The molecule has 0 aromatic heterocycles. The fourth-order valence-electron chi connectivity index (χ4n) is 1.09. The van der Waals surface area contributed by atoms with E-state index in [2.05, 4.69) is 4.74 Å². The number of hydrogen-bond acceptors (Lipinski definition) is 5. The van der Waals surface area contributed by atoms with Crippen LogP contribution in [0.15, 0.2) is 0 Å². The van der Waals surface area contributed by atoms with Crippen LogP contribution in [0, 0.1) is 0 Å². The van der Waals surface area contributed by atoms with Crippen LogP contribution in [-0.4, -0.2) is 44.8 Å². The van der Waals surface area contributed by atoms with E-state index >= 15 is 0 Å². The minimum atomic E-state index is -2.57. The minimum absolute atomic E-state index is 0. The number of carboxylic acid groups (broad SMARTS) is 3. The third-order valence-corrected chi connectivity index (χ3v) is 1.60. The maximum Gasteiger partial charge on any atom is 1.00 e. The first kappa shape index (κ1) is 23.6. The molecule has 0 aromatic carbocycles. The van der Waals surface area contributed by atoms with Crippen LogP contribution in [-0.2, 0) is 23.9 Å². The second kappa shape index (κ2) is 10.3. The molecule has 0 atom stereocenters. The Morgan fingerprint density at radius 3 is 1.56 bits per heavy atom. The molecule has 0 saturated heterocycles. The number of carboxylic acids is 3. The smallest absolute Gasteiger partial charge is 1.00 e.